The van der Waals surface area contributed by atoms with Gasteiger partial charge in [-0.2, -0.15) is 13.2 Å². The molecular weight excluding hydrogens is 293 g/mol. The molecule has 2 N–H and O–H groups in total. The predicted molar refractivity (Wildman–Crippen MR) is 65.9 cm³/mol. The zero-order valence-electron chi connectivity index (χ0n) is 11.2. The van der Waals surface area contributed by atoms with Gasteiger partial charge in [0.2, 0.25) is 0 Å². The van der Waals surface area contributed by atoms with Crippen LogP contribution in [0.3, 0.4) is 0 Å². The summed E-state index contributed by atoms with van der Waals surface area (Å²) in [5, 5.41) is 11.1. The number of carbonyl (C=O) groups excluding carboxylic acids is 1. The number of halogens is 3. The van der Waals surface area contributed by atoms with Crippen LogP contribution in [0.15, 0.2) is 18.3 Å². The number of hydrogen-bond donors (Lipinski definition) is 2. The van der Waals surface area contributed by atoms with E-state index in [9.17, 15) is 22.8 Å². The number of rotatable bonds is 7. The van der Waals surface area contributed by atoms with Crippen molar-refractivity contribution in [2.75, 3.05) is 13.7 Å². The lowest BCUT2D eigenvalue weighted by molar-refractivity contribution is -0.141. The number of nitrogens with one attached hydrogen (secondary N) is 1. The van der Waals surface area contributed by atoms with Crippen molar-refractivity contribution in [1.82, 2.24) is 9.88 Å². The number of ether oxygens (including phenoxy) is 1. The molecule has 0 spiro atoms. The van der Waals surface area contributed by atoms with Crippen LogP contribution in [0.25, 0.3) is 0 Å². The van der Waals surface area contributed by atoms with E-state index < -0.39 is 30.6 Å². The number of amides is 1. The number of carbonyl (C=O) groups is 2. The highest BCUT2D eigenvalue weighted by Crippen LogP contribution is 2.19. The minimum absolute atomic E-state index is 0.0115. The molecule has 1 aromatic heterocycles. The Morgan fingerprint density at radius 3 is 2.67 bits per heavy atom. The molecule has 0 aliphatic rings. The number of methoxy groups -OCH3 is 1. The second-order valence-electron chi connectivity index (χ2n) is 4.28. The zero-order valence-corrected chi connectivity index (χ0v) is 11.2. The molecule has 1 heterocycles. The first-order valence-electron chi connectivity index (χ1n) is 5.99. The molecule has 0 bridgehead atoms. The minimum atomic E-state index is -4.48. The topological polar surface area (TPSA) is 80.6 Å². The Hall–Kier alpha value is -2.03. The fraction of sp³-hybridized carbons (Fsp3) is 0.500. The molecule has 1 atom stereocenters. The van der Waals surface area contributed by atoms with Crippen LogP contribution in [0.5, 0.6) is 0 Å². The molecule has 1 aromatic rings. The van der Waals surface area contributed by atoms with Gasteiger partial charge >= 0.3 is 12.1 Å². The van der Waals surface area contributed by atoms with Crippen LogP contribution in [0.1, 0.15) is 16.9 Å². The maximum Gasteiger partial charge on any atom is 0.406 e. The second-order valence-corrected chi connectivity index (χ2v) is 4.28. The van der Waals surface area contributed by atoms with E-state index in [0.29, 0.717) is 4.57 Å². The molecule has 0 aliphatic heterocycles. The van der Waals surface area contributed by atoms with E-state index in [2.05, 4.69) is 5.32 Å². The minimum Gasteiger partial charge on any atom is -0.480 e. The number of aromatic nitrogens is 1. The first kappa shape index (κ1) is 17.0. The Bertz CT molecular complexity index is 499. The van der Waals surface area contributed by atoms with Crippen LogP contribution in [0, 0.1) is 0 Å². The smallest absolute Gasteiger partial charge is 0.406 e. The van der Waals surface area contributed by atoms with Gasteiger partial charge in [0.05, 0.1) is 0 Å². The molecule has 0 aliphatic carbocycles. The zero-order chi connectivity index (χ0) is 16.0. The molecule has 0 fully saturated rings. The molecule has 0 saturated carbocycles. The van der Waals surface area contributed by atoms with E-state index in [1.165, 1.54) is 19.2 Å². The molecule has 1 unspecified atom stereocenters. The monoisotopic (exact) mass is 308 g/mol. The molecule has 21 heavy (non-hydrogen) atoms. The van der Waals surface area contributed by atoms with E-state index in [-0.39, 0.29) is 18.7 Å². The van der Waals surface area contributed by atoms with Gasteiger partial charge in [-0.25, -0.2) is 4.79 Å². The van der Waals surface area contributed by atoms with Gasteiger partial charge in [0.25, 0.3) is 5.91 Å². The maximum atomic E-state index is 12.4. The normalized spacial score (nSPS) is 13.0. The van der Waals surface area contributed by atoms with E-state index in [1.54, 1.807) is 0 Å². The standard InChI is InChI=1S/C12H15F3N2O4/c1-21-6-4-8(11(19)20)16-10(18)9-3-2-5-17(9)7-12(13,14)15/h2-3,5,8H,4,6-7H2,1H3,(H,16,18)(H,19,20). The summed E-state index contributed by atoms with van der Waals surface area (Å²) in [7, 11) is 1.37. The van der Waals surface area contributed by atoms with Gasteiger partial charge in [-0.3, -0.25) is 4.79 Å². The largest absolute Gasteiger partial charge is 0.480 e. The lowest BCUT2D eigenvalue weighted by Gasteiger charge is -2.16. The number of aliphatic carboxylic acids is 1. The van der Waals surface area contributed by atoms with Crippen LogP contribution in [0.2, 0.25) is 0 Å². The van der Waals surface area contributed by atoms with E-state index >= 15 is 0 Å². The van der Waals surface area contributed by atoms with Crippen LogP contribution >= 0.6 is 0 Å². The summed E-state index contributed by atoms with van der Waals surface area (Å²) in [4.78, 5) is 22.9. The lowest BCUT2D eigenvalue weighted by Crippen LogP contribution is -2.42. The number of nitrogens with zero attached hydrogens (tertiary/aromatic N) is 1. The summed E-state index contributed by atoms with van der Waals surface area (Å²) < 4.78 is 42.5. The first-order valence-corrected chi connectivity index (χ1v) is 5.99. The fourth-order valence-electron chi connectivity index (χ4n) is 1.68. The Labute approximate surface area is 118 Å². The number of hydrogen-bond acceptors (Lipinski definition) is 3. The molecule has 1 rings (SSSR count). The third-order valence-corrected chi connectivity index (χ3v) is 2.63. The van der Waals surface area contributed by atoms with Gasteiger partial charge in [-0.1, -0.05) is 0 Å². The van der Waals surface area contributed by atoms with Crippen molar-refractivity contribution in [3.8, 4) is 0 Å². The third-order valence-electron chi connectivity index (χ3n) is 2.63. The van der Waals surface area contributed by atoms with Crippen LogP contribution in [-0.4, -0.2) is 47.5 Å². The Morgan fingerprint density at radius 2 is 2.14 bits per heavy atom. The molecule has 118 valence electrons. The molecule has 6 nitrogen and oxygen atoms in total. The molecule has 1 amide bonds. The molecule has 9 heteroatoms. The van der Waals surface area contributed by atoms with Crippen molar-refractivity contribution < 1.29 is 32.6 Å². The van der Waals surface area contributed by atoms with E-state index in [0.717, 1.165) is 6.20 Å². The quantitative estimate of drug-likeness (QED) is 0.795. The maximum absolute atomic E-state index is 12.4. The van der Waals surface area contributed by atoms with Crippen molar-refractivity contribution >= 4 is 11.9 Å². The summed E-state index contributed by atoms with van der Waals surface area (Å²) in [5.74, 6) is -2.16. The van der Waals surface area contributed by atoms with Gasteiger partial charge < -0.3 is 19.7 Å². The van der Waals surface area contributed by atoms with Crippen molar-refractivity contribution in [2.45, 2.75) is 25.2 Å². The van der Waals surface area contributed by atoms with Crippen molar-refractivity contribution in [3.05, 3.63) is 24.0 Å². The fourth-order valence-corrected chi connectivity index (χ4v) is 1.68. The highest BCUT2D eigenvalue weighted by Gasteiger charge is 2.30. The van der Waals surface area contributed by atoms with Crippen molar-refractivity contribution in [1.29, 1.82) is 0 Å². The van der Waals surface area contributed by atoms with Crippen molar-refractivity contribution in [2.24, 2.45) is 0 Å². The van der Waals surface area contributed by atoms with E-state index in [1.807, 2.05) is 0 Å². The SMILES string of the molecule is COCCC(NC(=O)c1cccn1CC(F)(F)F)C(=O)O. The van der Waals surface area contributed by atoms with Crippen molar-refractivity contribution in [3.63, 3.8) is 0 Å². The van der Waals surface area contributed by atoms with Gasteiger partial charge in [-0.15, -0.1) is 0 Å². The van der Waals surface area contributed by atoms with Gasteiger partial charge in [0.15, 0.2) is 0 Å². The number of alkyl halides is 3. The average Bonchev–Trinajstić information content (AvgIpc) is 2.79. The summed E-state index contributed by atoms with van der Waals surface area (Å²) in [6, 6.07) is 1.24. The second kappa shape index (κ2) is 7.11. The first-order chi connectivity index (χ1) is 9.74. The lowest BCUT2D eigenvalue weighted by atomic mass is 10.2. The number of carboxylic acids is 1. The van der Waals surface area contributed by atoms with Gasteiger partial charge in [0.1, 0.15) is 18.3 Å². The predicted octanol–water partition coefficient (Wildman–Crippen LogP) is 1.27. The Morgan fingerprint density at radius 1 is 1.48 bits per heavy atom. The van der Waals surface area contributed by atoms with Gasteiger partial charge in [0, 0.05) is 26.3 Å². The summed E-state index contributed by atoms with van der Waals surface area (Å²) in [5.41, 5.74) is -0.254. The molecule has 0 saturated heterocycles. The highest BCUT2D eigenvalue weighted by atomic mass is 19.4. The molecule has 0 aromatic carbocycles. The average molecular weight is 308 g/mol. The highest BCUT2D eigenvalue weighted by molar-refractivity contribution is 5.95. The van der Waals surface area contributed by atoms with Crippen LogP contribution < -0.4 is 5.32 Å². The number of carboxylic acid groups (broad SMARTS) is 1. The van der Waals surface area contributed by atoms with E-state index in [4.69, 9.17) is 9.84 Å². The molecule has 0 radical (unpaired) electrons. The Kier molecular flexibility index (Phi) is 5.77. The summed E-state index contributed by atoms with van der Waals surface area (Å²) in [6.45, 7) is -1.22. The summed E-state index contributed by atoms with van der Waals surface area (Å²) >= 11 is 0. The Balaban J connectivity index is 2.79. The van der Waals surface area contributed by atoms with Gasteiger partial charge in [-0.05, 0) is 12.1 Å². The summed E-state index contributed by atoms with van der Waals surface area (Å²) in [6.07, 6.45) is -3.36. The van der Waals surface area contributed by atoms with Crippen LogP contribution in [0.4, 0.5) is 13.2 Å². The van der Waals surface area contributed by atoms with Crippen LogP contribution in [-0.2, 0) is 16.1 Å². The third kappa shape index (κ3) is 5.46. The molecular formula is C12H15F3N2O4.